The zero-order chi connectivity index (χ0) is 14.0. The standard InChI is InChI=1S/C16H27N3O/c1-3-13(2)19-8-6-15(18-19)10-16(7-9-20-12-16)11-17-14-4-5-14/h6,8,13-14,17H,3-5,7,9-12H2,1-2H3. The minimum atomic E-state index is 0.261. The summed E-state index contributed by atoms with van der Waals surface area (Å²) in [5, 5.41) is 8.45. The molecule has 0 amide bonds. The molecule has 1 aliphatic heterocycles. The van der Waals surface area contributed by atoms with E-state index in [4.69, 9.17) is 9.84 Å². The maximum absolute atomic E-state index is 5.69. The first-order valence-electron chi connectivity index (χ1n) is 8.06. The lowest BCUT2D eigenvalue weighted by Crippen LogP contribution is -2.37. The molecule has 2 heterocycles. The second-order valence-electron chi connectivity index (χ2n) is 6.68. The fraction of sp³-hybridized carbons (Fsp3) is 0.812. The van der Waals surface area contributed by atoms with Gasteiger partial charge < -0.3 is 10.1 Å². The molecule has 0 bridgehead atoms. The van der Waals surface area contributed by atoms with Crippen molar-refractivity contribution in [2.45, 2.75) is 58.0 Å². The highest BCUT2D eigenvalue weighted by Crippen LogP contribution is 2.33. The van der Waals surface area contributed by atoms with Crippen LogP contribution in [0.15, 0.2) is 12.3 Å². The summed E-state index contributed by atoms with van der Waals surface area (Å²) in [6, 6.07) is 3.44. The minimum absolute atomic E-state index is 0.261. The Balaban J connectivity index is 1.64. The third kappa shape index (κ3) is 3.23. The Hall–Kier alpha value is -0.870. The van der Waals surface area contributed by atoms with Crippen LogP contribution in [-0.4, -0.2) is 35.6 Å². The summed E-state index contributed by atoms with van der Waals surface area (Å²) in [7, 11) is 0. The van der Waals surface area contributed by atoms with Gasteiger partial charge in [-0.2, -0.15) is 5.10 Å². The van der Waals surface area contributed by atoms with Gasteiger partial charge in [0.2, 0.25) is 0 Å². The molecule has 1 aromatic heterocycles. The van der Waals surface area contributed by atoms with E-state index in [1.807, 2.05) is 0 Å². The Morgan fingerprint density at radius 1 is 1.55 bits per heavy atom. The lowest BCUT2D eigenvalue weighted by Gasteiger charge is -2.27. The predicted molar refractivity (Wildman–Crippen MR) is 79.8 cm³/mol. The maximum atomic E-state index is 5.69. The number of hydrogen-bond donors (Lipinski definition) is 1. The van der Waals surface area contributed by atoms with Crippen molar-refractivity contribution >= 4 is 0 Å². The molecule has 1 saturated carbocycles. The van der Waals surface area contributed by atoms with Gasteiger partial charge in [-0.25, -0.2) is 0 Å². The zero-order valence-corrected chi connectivity index (χ0v) is 12.8. The van der Waals surface area contributed by atoms with Crippen LogP contribution < -0.4 is 5.32 Å². The molecule has 20 heavy (non-hydrogen) atoms. The molecule has 1 saturated heterocycles. The quantitative estimate of drug-likeness (QED) is 0.832. The summed E-state index contributed by atoms with van der Waals surface area (Å²) in [5.74, 6) is 0. The van der Waals surface area contributed by atoms with Gasteiger partial charge in [0.25, 0.3) is 0 Å². The first-order chi connectivity index (χ1) is 9.71. The van der Waals surface area contributed by atoms with Gasteiger partial charge in [0.15, 0.2) is 0 Å². The molecule has 4 nitrogen and oxygen atoms in total. The number of nitrogens with one attached hydrogen (secondary N) is 1. The highest BCUT2D eigenvalue weighted by atomic mass is 16.5. The molecular weight excluding hydrogens is 250 g/mol. The van der Waals surface area contributed by atoms with Gasteiger partial charge in [-0.3, -0.25) is 4.68 Å². The van der Waals surface area contributed by atoms with Crippen molar-refractivity contribution < 1.29 is 4.74 Å². The van der Waals surface area contributed by atoms with Gasteiger partial charge in [0.1, 0.15) is 0 Å². The van der Waals surface area contributed by atoms with E-state index in [1.165, 1.54) is 18.5 Å². The first-order valence-corrected chi connectivity index (χ1v) is 8.06. The maximum Gasteiger partial charge on any atom is 0.0631 e. The molecule has 4 heteroatoms. The van der Waals surface area contributed by atoms with Crippen molar-refractivity contribution in [2.75, 3.05) is 19.8 Å². The highest BCUT2D eigenvalue weighted by Gasteiger charge is 2.37. The second kappa shape index (κ2) is 5.86. The average Bonchev–Trinajstić information content (AvgIpc) is 2.99. The normalized spacial score (nSPS) is 27.9. The van der Waals surface area contributed by atoms with Gasteiger partial charge in [-0.15, -0.1) is 0 Å². The smallest absolute Gasteiger partial charge is 0.0631 e. The molecule has 112 valence electrons. The van der Waals surface area contributed by atoms with E-state index in [-0.39, 0.29) is 5.41 Å². The summed E-state index contributed by atoms with van der Waals surface area (Å²) in [4.78, 5) is 0. The molecule has 1 aliphatic carbocycles. The molecule has 0 radical (unpaired) electrons. The van der Waals surface area contributed by atoms with Crippen LogP contribution >= 0.6 is 0 Å². The number of hydrogen-bond acceptors (Lipinski definition) is 3. The highest BCUT2D eigenvalue weighted by molar-refractivity contribution is 5.06. The third-order valence-corrected chi connectivity index (χ3v) is 4.79. The largest absolute Gasteiger partial charge is 0.381 e. The van der Waals surface area contributed by atoms with Gasteiger partial charge >= 0.3 is 0 Å². The van der Waals surface area contributed by atoms with Crippen molar-refractivity contribution in [3.63, 3.8) is 0 Å². The van der Waals surface area contributed by atoms with Crippen LogP contribution in [0.1, 0.15) is 51.3 Å². The number of ether oxygens (including phenoxy) is 1. The Morgan fingerprint density at radius 3 is 3.05 bits per heavy atom. The van der Waals surface area contributed by atoms with Crippen LogP contribution in [0.4, 0.5) is 0 Å². The second-order valence-corrected chi connectivity index (χ2v) is 6.68. The van der Waals surface area contributed by atoms with Gasteiger partial charge in [0.05, 0.1) is 12.3 Å². The summed E-state index contributed by atoms with van der Waals surface area (Å²) in [5.41, 5.74) is 1.48. The van der Waals surface area contributed by atoms with Crippen LogP contribution in [0, 0.1) is 5.41 Å². The van der Waals surface area contributed by atoms with Crippen LogP contribution in [-0.2, 0) is 11.2 Å². The Kier molecular flexibility index (Phi) is 4.13. The number of aromatic nitrogens is 2. The van der Waals surface area contributed by atoms with Crippen LogP contribution in [0.3, 0.4) is 0 Å². The van der Waals surface area contributed by atoms with Crippen molar-refractivity contribution in [2.24, 2.45) is 5.41 Å². The molecule has 2 atom stereocenters. The first kappa shape index (κ1) is 14.1. The van der Waals surface area contributed by atoms with E-state index in [2.05, 4.69) is 36.1 Å². The summed E-state index contributed by atoms with van der Waals surface area (Å²) >= 11 is 0. The number of rotatable bonds is 7. The topological polar surface area (TPSA) is 39.1 Å². The fourth-order valence-corrected chi connectivity index (χ4v) is 2.93. The fourth-order valence-electron chi connectivity index (χ4n) is 2.93. The lowest BCUT2D eigenvalue weighted by molar-refractivity contribution is 0.148. The SMILES string of the molecule is CCC(C)n1ccc(CC2(CNC3CC3)CCOC2)n1. The molecule has 1 N–H and O–H groups in total. The van der Waals surface area contributed by atoms with Gasteiger partial charge in [-0.05, 0) is 38.7 Å². The molecule has 3 rings (SSSR count). The van der Waals surface area contributed by atoms with Crippen molar-refractivity contribution in [3.05, 3.63) is 18.0 Å². The molecule has 0 spiro atoms. The van der Waals surface area contributed by atoms with Crippen molar-refractivity contribution in [1.82, 2.24) is 15.1 Å². The Bertz CT molecular complexity index is 433. The molecule has 2 unspecified atom stereocenters. The van der Waals surface area contributed by atoms with E-state index in [0.29, 0.717) is 6.04 Å². The summed E-state index contributed by atoms with van der Waals surface area (Å²) < 4.78 is 7.79. The van der Waals surface area contributed by atoms with Gasteiger partial charge in [-0.1, -0.05) is 6.92 Å². The molecule has 2 fully saturated rings. The third-order valence-electron chi connectivity index (χ3n) is 4.79. The Labute approximate surface area is 121 Å². The number of nitrogens with zero attached hydrogens (tertiary/aromatic N) is 2. The average molecular weight is 277 g/mol. The van der Waals surface area contributed by atoms with E-state index < -0.39 is 0 Å². The molecular formula is C16H27N3O. The van der Waals surface area contributed by atoms with Gasteiger partial charge in [0, 0.05) is 43.3 Å². The van der Waals surface area contributed by atoms with Crippen molar-refractivity contribution in [3.8, 4) is 0 Å². The van der Waals surface area contributed by atoms with Crippen molar-refractivity contribution in [1.29, 1.82) is 0 Å². The van der Waals surface area contributed by atoms with Crippen LogP contribution in [0.25, 0.3) is 0 Å². The summed E-state index contributed by atoms with van der Waals surface area (Å²) in [6.45, 7) is 7.28. The zero-order valence-electron chi connectivity index (χ0n) is 12.8. The Morgan fingerprint density at radius 2 is 2.40 bits per heavy atom. The monoisotopic (exact) mass is 277 g/mol. The summed E-state index contributed by atoms with van der Waals surface area (Å²) in [6.07, 6.45) is 8.14. The molecule has 2 aliphatic rings. The van der Waals surface area contributed by atoms with Crippen LogP contribution in [0.5, 0.6) is 0 Å². The van der Waals surface area contributed by atoms with E-state index in [9.17, 15) is 0 Å². The molecule has 1 aromatic rings. The van der Waals surface area contributed by atoms with Crippen LogP contribution in [0.2, 0.25) is 0 Å². The van der Waals surface area contributed by atoms with E-state index >= 15 is 0 Å². The van der Waals surface area contributed by atoms with E-state index in [0.717, 1.165) is 45.1 Å². The minimum Gasteiger partial charge on any atom is -0.381 e. The van der Waals surface area contributed by atoms with E-state index in [1.54, 1.807) is 0 Å². The lowest BCUT2D eigenvalue weighted by atomic mass is 9.82. The predicted octanol–water partition coefficient (Wildman–Crippen LogP) is 2.56. The molecule has 0 aromatic carbocycles.